The summed E-state index contributed by atoms with van der Waals surface area (Å²) in [6.07, 6.45) is 0.480. The molecule has 2 aromatic rings. The molecule has 0 aromatic heterocycles. The van der Waals surface area contributed by atoms with Gasteiger partial charge in [-0.2, -0.15) is 5.26 Å². The van der Waals surface area contributed by atoms with E-state index in [4.69, 9.17) is 5.26 Å². The number of nitrogens with one attached hydrogen (secondary N) is 1. The van der Waals surface area contributed by atoms with Crippen LogP contribution in [0.4, 0.5) is 14.5 Å². The highest BCUT2D eigenvalue weighted by Crippen LogP contribution is 2.16. The van der Waals surface area contributed by atoms with Crippen molar-refractivity contribution in [3.63, 3.8) is 0 Å². The Morgan fingerprint density at radius 2 is 1.80 bits per heavy atom. The van der Waals surface area contributed by atoms with Crippen molar-refractivity contribution in [3.8, 4) is 6.07 Å². The standard InChI is InChI=1S/C16H14F2N2/c1-11-2-3-16(13(6-11)10-19)20-5-4-12-7-14(17)9-15(18)8-12/h2-3,6-9,20H,4-5H2,1H3. The van der Waals surface area contributed by atoms with Crippen molar-refractivity contribution in [1.29, 1.82) is 5.26 Å². The van der Waals surface area contributed by atoms with Gasteiger partial charge >= 0.3 is 0 Å². The molecule has 0 aliphatic heterocycles. The Morgan fingerprint density at radius 1 is 1.10 bits per heavy atom. The molecule has 0 aliphatic rings. The molecule has 0 unspecified atom stereocenters. The third-order valence-corrected chi connectivity index (χ3v) is 2.95. The highest BCUT2D eigenvalue weighted by molar-refractivity contribution is 5.58. The van der Waals surface area contributed by atoms with Crippen molar-refractivity contribution in [1.82, 2.24) is 0 Å². The highest BCUT2D eigenvalue weighted by Gasteiger charge is 2.03. The van der Waals surface area contributed by atoms with Gasteiger partial charge in [0.05, 0.1) is 11.3 Å². The van der Waals surface area contributed by atoms with Crippen LogP contribution in [0.2, 0.25) is 0 Å². The van der Waals surface area contributed by atoms with Gasteiger partial charge in [0, 0.05) is 12.6 Å². The Balaban J connectivity index is 2.01. The van der Waals surface area contributed by atoms with Crippen LogP contribution in [0, 0.1) is 29.9 Å². The molecule has 2 rings (SSSR count). The fraction of sp³-hybridized carbons (Fsp3) is 0.188. The second-order valence-electron chi connectivity index (χ2n) is 4.62. The molecule has 102 valence electrons. The predicted octanol–water partition coefficient (Wildman–Crippen LogP) is 3.80. The van der Waals surface area contributed by atoms with E-state index in [1.54, 1.807) is 6.07 Å². The van der Waals surface area contributed by atoms with Crippen LogP contribution < -0.4 is 5.32 Å². The third-order valence-electron chi connectivity index (χ3n) is 2.95. The molecule has 0 radical (unpaired) electrons. The fourth-order valence-corrected chi connectivity index (χ4v) is 2.00. The maximum absolute atomic E-state index is 13.0. The molecule has 2 nitrogen and oxygen atoms in total. The van der Waals surface area contributed by atoms with E-state index in [0.717, 1.165) is 17.3 Å². The van der Waals surface area contributed by atoms with E-state index < -0.39 is 11.6 Å². The number of rotatable bonds is 4. The quantitative estimate of drug-likeness (QED) is 0.919. The van der Waals surface area contributed by atoms with Gasteiger partial charge in [0.25, 0.3) is 0 Å². The topological polar surface area (TPSA) is 35.8 Å². The van der Waals surface area contributed by atoms with Gasteiger partial charge in [-0.15, -0.1) is 0 Å². The lowest BCUT2D eigenvalue weighted by molar-refractivity contribution is 0.580. The van der Waals surface area contributed by atoms with Gasteiger partial charge in [0.1, 0.15) is 17.7 Å². The van der Waals surface area contributed by atoms with E-state index in [1.165, 1.54) is 12.1 Å². The van der Waals surface area contributed by atoms with Crippen molar-refractivity contribution in [2.24, 2.45) is 0 Å². The summed E-state index contributed by atoms with van der Waals surface area (Å²) >= 11 is 0. The first-order chi connectivity index (χ1) is 9.58. The summed E-state index contributed by atoms with van der Waals surface area (Å²) in [6.45, 7) is 2.42. The number of aryl methyl sites for hydroxylation is 1. The number of anilines is 1. The largest absolute Gasteiger partial charge is 0.384 e. The predicted molar refractivity (Wildman–Crippen MR) is 74.4 cm³/mol. The van der Waals surface area contributed by atoms with Crippen LogP contribution in [0.25, 0.3) is 0 Å². The molecule has 1 N–H and O–H groups in total. The van der Waals surface area contributed by atoms with E-state index in [2.05, 4.69) is 11.4 Å². The van der Waals surface area contributed by atoms with Crippen molar-refractivity contribution in [2.45, 2.75) is 13.3 Å². The summed E-state index contributed by atoms with van der Waals surface area (Å²) in [5, 5.41) is 12.2. The molecule has 0 fully saturated rings. The van der Waals surface area contributed by atoms with Gasteiger partial charge < -0.3 is 5.32 Å². The van der Waals surface area contributed by atoms with Crippen LogP contribution in [0.5, 0.6) is 0 Å². The van der Waals surface area contributed by atoms with Gasteiger partial charge in [-0.25, -0.2) is 8.78 Å². The van der Waals surface area contributed by atoms with Crippen molar-refractivity contribution in [2.75, 3.05) is 11.9 Å². The van der Waals surface area contributed by atoms with Gasteiger partial charge in [0.2, 0.25) is 0 Å². The zero-order chi connectivity index (χ0) is 14.5. The Morgan fingerprint density at radius 3 is 2.45 bits per heavy atom. The number of halogens is 2. The van der Waals surface area contributed by atoms with Crippen molar-refractivity contribution < 1.29 is 8.78 Å². The lowest BCUT2D eigenvalue weighted by Gasteiger charge is -2.09. The smallest absolute Gasteiger partial charge is 0.126 e. The molecule has 0 saturated carbocycles. The lowest BCUT2D eigenvalue weighted by atomic mass is 10.1. The van der Waals surface area contributed by atoms with E-state index in [0.29, 0.717) is 24.1 Å². The molecular formula is C16H14F2N2. The van der Waals surface area contributed by atoms with Crippen LogP contribution in [-0.2, 0) is 6.42 Å². The summed E-state index contributed by atoms with van der Waals surface area (Å²) < 4.78 is 26.1. The Labute approximate surface area is 116 Å². The minimum absolute atomic E-state index is 0.480. The number of benzene rings is 2. The molecular weight excluding hydrogens is 258 g/mol. The zero-order valence-corrected chi connectivity index (χ0v) is 11.1. The summed E-state index contributed by atoms with van der Waals surface area (Å²) in [4.78, 5) is 0. The van der Waals surface area contributed by atoms with Gasteiger partial charge in [-0.05, 0) is 48.7 Å². The highest BCUT2D eigenvalue weighted by atomic mass is 19.1. The van der Waals surface area contributed by atoms with Crippen LogP contribution in [0.3, 0.4) is 0 Å². The molecule has 20 heavy (non-hydrogen) atoms. The number of hydrogen-bond donors (Lipinski definition) is 1. The molecule has 0 heterocycles. The Hall–Kier alpha value is -2.41. The van der Waals surface area contributed by atoms with Crippen molar-refractivity contribution in [3.05, 3.63) is 64.7 Å². The summed E-state index contributed by atoms with van der Waals surface area (Å²) in [7, 11) is 0. The van der Waals surface area contributed by atoms with Gasteiger partial charge in [-0.3, -0.25) is 0 Å². The Bertz CT molecular complexity index is 640. The average Bonchev–Trinajstić information content (AvgIpc) is 2.39. The third kappa shape index (κ3) is 3.55. The number of nitrogens with zero attached hydrogens (tertiary/aromatic N) is 1. The molecule has 2 aromatic carbocycles. The first kappa shape index (κ1) is 14.0. The molecule has 0 aliphatic carbocycles. The minimum atomic E-state index is -0.576. The maximum atomic E-state index is 13.0. The summed E-state index contributed by atoms with van der Waals surface area (Å²) in [5.41, 5.74) is 2.89. The van der Waals surface area contributed by atoms with E-state index in [1.807, 2.05) is 19.1 Å². The van der Waals surface area contributed by atoms with Gasteiger partial charge in [-0.1, -0.05) is 6.07 Å². The summed E-state index contributed by atoms with van der Waals surface area (Å²) in [6, 6.07) is 11.1. The molecule has 0 spiro atoms. The first-order valence-electron chi connectivity index (χ1n) is 6.28. The SMILES string of the molecule is Cc1ccc(NCCc2cc(F)cc(F)c2)c(C#N)c1. The molecule has 0 saturated heterocycles. The average molecular weight is 272 g/mol. The second-order valence-corrected chi connectivity index (χ2v) is 4.62. The summed E-state index contributed by atoms with van der Waals surface area (Å²) in [5.74, 6) is -1.15. The Kier molecular flexibility index (Phi) is 4.31. The van der Waals surface area contributed by atoms with Crippen LogP contribution in [0.15, 0.2) is 36.4 Å². The molecule has 0 bridgehead atoms. The number of hydrogen-bond acceptors (Lipinski definition) is 2. The zero-order valence-electron chi connectivity index (χ0n) is 11.1. The van der Waals surface area contributed by atoms with E-state index in [-0.39, 0.29) is 0 Å². The van der Waals surface area contributed by atoms with E-state index in [9.17, 15) is 8.78 Å². The molecule has 0 amide bonds. The fourth-order valence-electron chi connectivity index (χ4n) is 2.00. The van der Waals surface area contributed by atoms with Crippen LogP contribution in [0.1, 0.15) is 16.7 Å². The molecule has 4 heteroatoms. The van der Waals surface area contributed by atoms with Crippen molar-refractivity contribution >= 4 is 5.69 Å². The minimum Gasteiger partial charge on any atom is -0.384 e. The van der Waals surface area contributed by atoms with Crippen LogP contribution >= 0.6 is 0 Å². The molecule has 0 atom stereocenters. The lowest BCUT2D eigenvalue weighted by Crippen LogP contribution is -2.06. The maximum Gasteiger partial charge on any atom is 0.126 e. The number of nitriles is 1. The van der Waals surface area contributed by atoms with Crippen LogP contribution in [-0.4, -0.2) is 6.54 Å². The normalized spacial score (nSPS) is 10.1. The van der Waals surface area contributed by atoms with Gasteiger partial charge in [0.15, 0.2) is 0 Å². The first-order valence-corrected chi connectivity index (χ1v) is 6.28. The monoisotopic (exact) mass is 272 g/mol. The van der Waals surface area contributed by atoms with E-state index >= 15 is 0 Å². The second kappa shape index (κ2) is 6.16.